The van der Waals surface area contributed by atoms with E-state index in [2.05, 4.69) is 9.72 Å². The van der Waals surface area contributed by atoms with E-state index >= 15 is 0 Å². The second kappa shape index (κ2) is 7.48. The van der Waals surface area contributed by atoms with Crippen LogP contribution in [0.4, 0.5) is 26.3 Å². The summed E-state index contributed by atoms with van der Waals surface area (Å²) in [7, 11) is 0. The van der Waals surface area contributed by atoms with Crippen LogP contribution in [-0.2, 0) is 9.53 Å². The van der Waals surface area contributed by atoms with E-state index in [0.29, 0.717) is 17.0 Å². The number of halogens is 6. The number of rotatable bonds is 4. The third-order valence-electron chi connectivity index (χ3n) is 3.63. The molecule has 1 aromatic heterocycles. The highest BCUT2D eigenvalue weighted by atomic mass is 32.1. The molecule has 25 heavy (non-hydrogen) atoms. The number of aromatic nitrogens is 1. The van der Waals surface area contributed by atoms with Gasteiger partial charge in [0.1, 0.15) is 5.01 Å². The fourth-order valence-electron chi connectivity index (χ4n) is 2.61. The first kappa shape index (κ1) is 20.0. The lowest BCUT2D eigenvalue weighted by Crippen LogP contribution is -2.44. The molecule has 0 bridgehead atoms. The zero-order valence-electron chi connectivity index (χ0n) is 13.2. The molecule has 1 saturated heterocycles. The number of thiazole rings is 1. The molecule has 1 aromatic rings. The molecule has 0 spiro atoms. The summed E-state index contributed by atoms with van der Waals surface area (Å²) in [6.07, 6.45) is -11.3. The maximum atomic E-state index is 13.2. The Hall–Kier alpha value is -1.36. The third-order valence-corrected chi connectivity index (χ3v) is 4.64. The van der Waals surface area contributed by atoms with Gasteiger partial charge in [0.25, 0.3) is 0 Å². The van der Waals surface area contributed by atoms with Gasteiger partial charge in [0.15, 0.2) is 0 Å². The summed E-state index contributed by atoms with van der Waals surface area (Å²) in [6.45, 7) is 0.161. The van der Waals surface area contributed by atoms with Crippen LogP contribution in [0.5, 0.6) is 0 Å². The third kappa shape index (κ3) is 5.84. The number of hydrogen-bond donors (Lipinski definition) is 0. The summed E-state index contributed by atoms with van der Waals surface area (Å²) in [5.74, 6) is -2.18. The Bertz CT molecular complexity index is 601. The molecule has 142 valence electrons. The maximum absolute atomic E-state index is 13.2. The molecule has 0 N–H and O–H groups in total. The van der Waals surface area contributed by atoms with E-state index in [0.717, 1.165) is 4.90 Å². The van der Waals surface area contributed by atoms with Crippen LogP contribution < -0.4 is 0 Å². The molecule has 0 amide bonds. The van der Waals surface area contributed by atoms with Gasteiger partial charge in [-0.3, -0.25) is 9.69 Å². The van der Waals surface area contributed by atoms with E-state index in [1.165, 1.54) is 12.3 Å². The Labute approximate surface area is 143 Å². The normalized spacial score (nSPS) is 21.2. The lowest BCUT2D eigenvalue weighted by Gasteiger charge is -2.32. The highest BCUT2D eigenvalue weighted by Gasteiger charge is 2.47. The topological polar surface area (TPSA) is 42.4 Å². The summed E-state index contributed by atoms with van der Waals surface area (Å²) >= 11 is 0.714. The number of carbonyl (C=O) groups is 1. The minimum Gasteiger partial charge on any atom is -0.445 e. The summed E-state index contributed by atoms with van der Waals surface area (Å²) in [5, 5.41) is 0.995. The lowest BCUT2D eigenvalue weighted by atomic mass is 9.98. The van der Waals surface area contributed by atoms with Crippen LogP contribution in [0, 0.1) is 12.8 Å². The van der Waals surface area contributed by atoms with Crippen molar-refractivity contribution in [3.05, 3.63) is 16.1 Å². The van der Waals surface area contributed by atoms with E-state index < -0.39 is 41.9 Å². The van der Waals surface area contributed by atoms with E-state index in [4.69, 9.17) is 0 Å². The Balaban J connectivity index is 2.05. The number of ether oxygens (including phenoxy) is 1. The van der Waals surface area contributed by atoms with Crippen molar-refractivity contribution < 1.29 is 35.9 Å². The van der Waals surface area contributed by atoms with Gasteiger partial charge < -0.3 is 4.74 Å². The summed E-state index contributed by atoms with van der Waals surface area (Å²) < 4.78 is 81.5. The molecule has 2 atom stereocenters. The van der Waals surface area contributed by atoms with Crippen LogP contribution in [0.15, 0.2) is 5.38 Å². The van der Waals surface area contributed by atoms with Crippen molar-refractivity contribution in [2.24, 2.45) is 5.92 Å². The number of likely N-dealkylation sites (tertiary alicyclic amines) is 1. The largest absolute Gasteiger partial charge is 0.445 e. The van der Waals surface area contributed by atoms with E-state index in [1.54, 1.807) is 0 Å². The second-order valence-electron chi connectivity index (χ2n) is 5.88. The molecule has 2 rings (SSSR count). The molecule has 4 nitrogen and oxygen atoms in total. The van der Waals surface area contributed by atoms with Crippen LogP contribution in [-0.4, -0.2) is 47.8 Å². The van der Waals surface area contributed by atoms with Gasteiger partial charge in [0.05, 0.1) is 12.5 Å². The van der Waals surface area contributed by atoms with Crippen LogP contribution in [0.25, 0.3) is 0 Å². The number of piperidine rings is 1. The lowest BCUT2D eigenvalue weighted by molar-refractivity contribution is -0.227. The molecular weight excluding hydrogens is 374 g/mol. The van der Waals surface area contributed by atoms with Crippen molar-refractivity contribution in [1.29, 1.82) is 0 Å². The molecule has 0 aliphatic carbocycles. The van der Waals surface area contributed by atoms with Gasteiger partial charge >= 0.3 is 18.3 Å². The molecule has 0 radical (unpaired) electrons. The quantitative estimate of drug-likeness (QED) is 0.578. The van der Waals surface area contributed by atoms with Crippen molar-refractivity contribution in [3.63, 3.8) is 0 Å². The Morgan fingerprint density at radius 2 is 2.08 bits per heavy atom. The molecule has 0 saturated carbocycles. The highest BCUT2D eigenvalue weighted by Crippen LogP contribution is 2.38. The first-order valence-corrected chi connectivity index (χ1v) is 8.32. The van der Waals surface area contributed by atoms with Crippen molar-refractivity contribution >= 4 is 17.3 Å². The first-order chi connectivity index (χ1) is 11.5. The highest BCUT2D eigenvalue weighted by molar-refractivity contribution is 7.09. The van der Waals surface area contributed by atoms with Crippen LogP contribution in [0.1, 0.15) is 29.6 Å². The van der Waals surface area contributed by atoms with Gasteiger partial charge in [-0.25, -0.2) is 4.98 Å². The Morgan fingerprint density at radius 3 is 2.60 bits per heavy atom. The van der Waals surface area contributed by atoms with Crippen molar-refractivity contribution in [3.8, 4) is 0 Å². The molecule has 1 fully saturated rings. The number of aryl methyl sites for hydroxylation is 1. The number of carbonyl (C=O) groups excluding carboxylic acids is 1. The predicted molar refractivity (Wildman–Crippen MR) is 77.0 cm³/mol. The van der Waals surface area contributed by atoms with Crippen molar-refractivity contribution in [1.82, 2.24) is 9.88 Å². The number of alkyl halides is 6. The smallest absolute Gasteiger partial charge is 0.432 e. The average Bonchev–Trinajstić information content (AvgIpc) is 2.87. The standard InChI is InChI=1S/C14H16F6N2O2S/c1-8-6-25-11(21-8)10(14(18,19)20)24-12(23)9-3-2-4-22(5-9)7-13(15,16)17/h6,9-10H,2-5,7H2,1H3. The average molecular weight is 390 g/mol. The van der Waals surface area contributed by atoms with E-state index in [-0.39, 0.29) is 25.9 Å². The van der Waals surface area contributed by atoms with E-state index in [9.17, 15) is 31.1 Å². The molecular formula is C14H16F6N2O2S. The van der Waals surface area contributed by atoms with Crippen molar-refractivity contribution in [2.75, 3.05) is 19.6 Å². The molecule has 2 heterocycles. The molecule has 1 aliphatic rings. The van der Waals surface area contributed by atoms with Crippen LogP contribution in [0.2, 0.25) is 0 Å². The molecule has 11 heteroatoms. The van der Waals surface area contributed by atoms with Gasteiger partial charge in [0, 0.05) is 17.6 Å². The zero-order valence-corrected chi connectivity index (χ0v) is 14.0. The predicted octanol–water partition coefficient (Wildman–Crippen LogP) is 3.87. The zero-order chi connectivity index (χ0) is 18.8. The van der Waals surface area contributed by atoms with Gasteiger partial charge in [-0.15, -0.1) is 11.3 Å². The summed E-state index contributed by atoms with van der Waals surface area (Å²) in [4.78, 5) is 16.8. The maximum Gasteiger partial charge on any atom is 0.432 e. The monoisotopic (exact) mass is 390 g/mol. The number of esters is 1. The van der Waals surface area contributed by atoms with E-state index in [1.807, 2.05) is 0 Å². The SMILES string of the molecule is Cc1csc(C(OC(=O)C2CCCN(CC(F)(F)F)C2)C(F)(F)F)n1. The minimum atomic E-state index is -4.85. The minimum absolute atomic E-state index is 0.137. The van der Waals surface area contributed by atoms with Gasteiger partial charge in [-0.05, 0) is 26.3 Å². The summed E-state index contributed by atoms with van der Waals surface area (Å²) in [6, 6.07) is 0. The van der Waals surface area contributed by atoms with Gasteiger partial charge in [-0.2, -0.15) is 26.3 Å². The van der Waals surface area contributed by atoms with Crippen LogP contribution >= 0.6 is 11.3 Å². The van der Waals surface area contributed by atoms with Gasteiger partial charge in [0.2, 0.25) is 6.10 Å². The first-order valence-electron chi connectivity index (χ1n) is 7.44. The Morgan fingerprint density at radius 1 is 1.40 bits per heavy atom. The second-order valence-corrected chi connectivity index (χ2v) is 6.76. The van der Waals surface area contributed by atoms with Crippen LogP contribution in [0.3, 0.4) is 0 Å². The fraction of sp³-hybridized carbons (Fsp3) is 0.714. The number of hydrogen-bond acceptors (Lipinski definition) is 5. The molecule has 1 aliphatic heterocycles. The number of nitrogens with zero attached hydrogens (tertiary/aromatic N) is 2. The Kier molecular flexibility index (Phi) is 5.97. The molecule has 2 unspecified atom stereocenters. The summed E-state index contributed by atoms with van der Waals surface area (Å²) in [5.41, 5.74) is 0.360. The fourth-order valence-corrected chi connectivity index (χ4v) is 3.45. The molecule has 0 aromatic carbocycles. The van der Waals surface area contributed by atoms with Gasteiger partial charge in [-0.1, -0.05) is 0 Å². The van der Waals surface area contributed by atoms with Crippen molar-refractivity contribution in [2.45, 2.75) is 38.2 Å².